The second kappa shape index (κ2) is 7.29. The van der Waals surface area contributed by atoms with Crippen LogP contribution in [0.4, 0.5) is 6.01 Å². The number of amides is 1. The first kappa shape index (κ1) is 19.1. The van der Waals surface area contributed by atoms with Crippen molar-refractivity contribution in [2.45, 2.75) is 43.9 Å². The maximum absolute atomic E-state index is 12.9. The standard InChI is InChI=1S/C19H24N4O4S/c1-12-9-13(2)11-23(10-12)28(25,26)16-7-5-14(6-8-16)17(24)20-19-22-21-18(27-19)15-3-4-15/h5-8,12-13,15H,3-4,9-11H2,1-2H3,(H,20,22,24)/t12-,13-/m1/s1. The normalized spacial score (nSPS) is 23.5. The van der Waals surface area contributed by atoms with Crippen LogP contribution in [0.15, 0.2) is 33.6 Å². The summed E-state index contributed by atoms with van der Waals surface area (Å²) in [6.07, 6.45) is 3.09. The van der Waals surface area contributed by atoms with Gasteiger partial charge in [0.25, 0.3) is 5.91 Å². The summed E-state index contributed by atoms with van der Waals surface area (Å²) in [4.78, 5) is 12.6. The highest BCUT2D eigenvalue weighted by Crippen LogP contribution is 2.39. The van der Waals surface area contributed by atoms with Crippen molar-refractivity contribution < 1.29 is 17.6 Å². The zero-order chi connectivity index (χ0) is 19.9. The first-order valence-corrected chi connectivity index (χ1v) is 11.0. The fraction of sp³-hybridized carbons (Fsp3) is 0.526. The fourth-order valence-corrected chi connectivity index (χ4v) is 5.36. The fourth-order valence-electron chi connectivity index (χ4n) is 3.68. The Hall–Kier alpha value is -2.26. The average molecular weight is 404 g/mol. The van der Waals surface area contributed by atoms with E-state index in [0.29, 0.717) is 42.3 Å². The highest BCUT2D eigenvalue weighted by molar-refractivity contribution is 7.89. The van der Waals surface area contributed by atoms with Crippen LogP contribution in [0.25, 0.3) is 0 Å². The van der Waals surface area contributed by atoms with E-state index in [1.165, 1.54) is 24.3 Å². The van der Waals surface area contributed by atoms with Gasteiger partial charge in [0.2, 0.25) is 15.9 Å². The van der Waals surface area contributed by atoms with Crippen molar-refractivity contribution in [3.63, 3.8) is 0 Å². The number of carbonyl (C=O) groups is 1. The molecule has 2 fully saturated rings. The molecule has 0 bridgehead atoms. The predicted octanol–water partition coefficient (Wildman–Crippen LogP) is 2.87. The molecule has 1 saturated heterocycles. The number of nitrogens with one attached hydrogen (secondary N) is 1. The third-order valence-corrected chi connectivity index (χ3v) is 7.02. The molecule has 1 aromatic carbocycles. The topological polar surface area (TPSA) is 105 Å². The molecule has 4 rings (SSSR count). The Morgan fingerprint density at radius 1 is 1.11 bits per heavy atom. The third-order valence-electron chi connectivity index (χ3n) is 5.18. The highest BCUT2D eigenvalue weighted by Gasteiger charge is 2.32. The molecule has 2 aromatic rings. The minimum Gasteiger partial charge on any atom is -0.408 e. The van der Waals surface area contributed by atoms with Crippen molar-refractivity contribution >= 4 is 21.9 Å². The van der Waals surface area contributed by atoms with Gasteiger partial charge in [-0.05, 0) is 55.4 Å². The molecule has 2 heterocycles. The molecule has 1 saturated carbocycles. The van der Waals surface area contributed by atoms with E-state index in [1.807, 2.05) is 0 Å². The van der Waals surface area contributed by atoms with Crippen LogP contribution in [-0.4, -0.2) is 41.9 Å². The van der Waals surface area contributed by atoms with Crippen molar-refractivity contribution in [3.8, 4) is 0 Å². The van der Waals surface area contributed by atoms with Crippen LogP contribution in [0.2, 0.25) is 0 Å². The monoisotopic (exact) mass is 404 g/mol. The van der Waals surface area contributed by atoms with E-state index < -0.39 is 15.9 Å². The van der Waals surface area contributed by atoms with E-state index >= 15 is 0 Å². The maximum Gasteiger partial charge on any atom is 0.322 e. The lowest BCUT2D eigenvalue weighted by Gasteiger charge is -2.34. The van der Waals surface area contributed by atoms with Crippen molar-refractivity contribution in [3.05, 3.63) is 35.7 Å². The summed E-state index contributed by atoms with van der Waals surface area (Å²) in [5.74, 6) is 1.09. The molecule has 1 aromatic heterocycles. The van der Waals surface area contributed by atoms with Gasteiger partial charge in [-0.1, -0.05) is 18.9 Å². The molecular formula is C19H24N4O4S. The first-order chi connectivity index (χ1) is 13.3. The van der Waals surface area contributed by atoms with Gasteiger partial charge < -0.3 is 4.42 Å². The minimum atomic E-state index is -3.57. The number of piperidine rings is 1. The molecule has 2 atom stereocenters. The summed E-state index contributed by atoms with van der Waals surface area (Å²) < 4.78 is 32.8. The van der Waals surface area contributed by atoms with E-state index in [1.54, 1.807) is 4.31 Å². The van der Waals surface area contributed by atoms with Gasteiger partial charge in [0.15, 0.2) is 0 Å². The van der Waals surface area contributed by atoms with Crippen LogP contribution in [0.5, 0.6) is 0 Å². The zero-order valence-electron chi connectivity index (χ0n) is 16.0. The molecule has 9 heteroatoms. The first-order valence-electron chi connectivity index (χ1n) is 9.58. The molecule has 8 nitrogen and oxygen atoms in total. The summed E-state index contributed by atoms with van der Waals surface area (Å²) in [7, 11) is -3.57. The number of sulfonamides is 1. The van der Waals surface area contributed by atoms with E-state index in [9.17, 15) is 13.2 Å². The Balaban J connectivity index is 1.45. The second-order valence-corrected chi connectivity index (χ2v) is 9.90. The summed E-state index contributed by atoms with van der Waals surface area (Å²) in [6.45, 7) is 5.18. The highest BCUT2D eigenvalue weighted by atomic mass is 32.2. The van der Waals surface area contributed by atoms with E-state index in [0.717, 1.165) is 19.3 Å². The third kappa shape index (κ3) is 3.95. The van der Waals surface area contributed by atoms with Gasteiger partial charge in [-0.15, -0.1) is 5.10 Å². The molecule has 1 aliphatic carbocycles. The smallest absolute Gasteiger partial charge is 0.322 e. The van der Waals surface area contributed by atoms with E-state index in [2.05, 4.69) is 29.4 Å². The lowest BCUT2D eigenvalue weighted by Crippen LogP contribution is -2.42. The molecule has 150 valence electrons. The minimum absolute atomic E-state index is 0.0555. The van der Waals surface area contributed by atoms with Gasteiger partial charge in [0.1, 0.15) is 0 Å². The lowest BCUT2D eigenvalue weighted by molar-refractivity contribution is 0.102. The van der Waals surface area contributed by atoms with Crippen molar-refractivity contribution in [2.75, 3.05) is 18.4 Å². The number of aromatic nitrogens is 2. The van der Waals surface area contributed by atoms with Crippen LogP contribution < -0.4 is 5.32 Å². The van der Waals surface area contributed by atoms with Crippen LogP contribution in [-0.2, 0) is 10.0 Å². The van der Waals surface area contributed by atoms with Crippen molar-refractivity contribution in [2.24, 2.45) is 11.8 Å². The van der Waals surface area contributed by atoms with E-state index in [4.69, 9.17) is 4.42 Å². The van der Waals surface area contributed by atoms with Gasteiger partial charge in [-0.3, -0.25) is 10.1 Å². The van der Waals surface area contributed by atoms with Crippen LogP contribution in [0, 0.1) is 11.8 Å². The van der Waals surface area contributed by atoms with Gasteiger partial charge in [0, 0.05) is 24.6 Å². The molecule has 1 aliphatic heterocycles. The zero-order valence-corrected chi connectivity index (χ0v) is 16.8. The molecular weight excluding hydrogens is 380 g/mol. The second-order valence-electron chi connectivity index (χ2n) is 7.97. The summed E-state index contributed by atoms with van der Waals surface area (Å²) in [6, 6.07) is 5.99. The van der Waals surface area contributed by atoms with Crippen LogP contribution >= 0.6 is 0 Å². The number of benzene rings is 1. The largest absolute Gasteiger partial charge is 0.408 e. The van der Waals surface area contributed by atoms with Crippen LogP contribution in [0.1, 0.15) is 55.3 Å². The average Bonchev–Trinajstić information content (AvgIpc) is 3.40. The van der Waals surface area contributed by atoms with Gasteiger partial charge in [-0.2, -0.15) is 4.31 Å². The number of hydrogen-bond donors (Lipinski definition) is 1. The SMILES string of the molecule is C[C@@H]1C[C@@H](C)CN(S(=O)(=O)c2ccc(C(=O)Nc3nnc(C4CC4)o3)cc2)C1. The maximum atomic E-state index is 12.9. The molecule has 0 radical (unpaired) electrons. The Labute approximate surface area is 164 Å². The number of carbonyl (C=O) groups excluding carboxylic acids is 1. The predicted molar refractivity (Wildman–Crippen MR) is 102 cm³/mol. The van der Waals surface area contributed by atoms with Gasteiger partial charge in [0.05, 0.1) is 4.90 Å². The Bertz CT molecular complexity index is 956. The quantitative estimate of drug-likeness (QED) is 0.821. The van der Waals surface area contributed by atoms with Crippen molar-refractivity contribution in [1.29, 1.82) is 0 Å². The number of anilines is 1. The molecule has 1 N–H and O–H groups in total. The summed E-state index contributed by atoms with van der Waals surface area (Å²) in [5, 5.41) is 10.3. The summed E-state index contributed by atoms with van der Waals surface area (Å²) in [5.41, 5.74) is 0.325. The number of hydrogen-bond acceptors (Lipinski definition) is 6. The Morgan fingerprint density at radius 2 is 1.75 bits per heavy atom. The number of nitrogens with zero attached hydrogens (tertiary/aromatic N) is 3. The van der Waals surface area contributed by atoms with Crippen molar-refractivity contribution in [1.82, 2.24) is 14.5 Å². The van der Waals surface area contributed by atoms with Gasteiger partial charge in [-0.25, -0.2) is 8.42 Å². The molecule has 2 aliphatic rings. The van der Waals surface area contributed by atoms with E-state index in [-0.39, 0.29) is 10.9 Å². The molecule has 1 amide bonds. The van der Waals surface area contributed by atoms with Crippen LogP contribution in [0.3, 0.4) is 0 Å². The summed E-state index contributed by atoms with van der Waals surface area (Å²) >= 11 is 0. The molecule has 0 spiro atoms. The number of rotatable bonds is 5. The Kier molecular flexibility index (Phi) is 4.96. The molecule has 0 unspecified atom stereocenters. The molecule has 28 heavy (non-hydrogen) atoms. The van der Waals surface area contributed by atoms with Gasteiger partial charge >= 0.3 is 6.01 Å². The lowest BCUT2D eigenvalue weighted by atomic mass is 9.94. The Morgan fingerprint density at radius 3 is 2.36 bits per heavy atom.